The van der Waals surface area contributed by atoms with Crippen molar-refractivity contribution in [2.24, 2.45) is 10.7 Å². The van der Waals surface area contributed by atoms with Crippen LogP contribution in [0.25, 0.3) is 0 Å². The summed E-state index contributed by atoms with van der Waals surface area (Å²) >= 11 is 0. The maximum atomic E-state index is 6.00. The minimum Gasteiger partial charge on any atom is -0.490 e. The molecule has 6 nitrogen and oxygen atoms in total. The van der Waals surface area contributed by atoms with Crippen LogP contribution in [0.5, 0.6) is 11.5 Å². The zero-order valence-electron chi connectivity index (χ0n) is 14.3. The molecule has 0 aromatic heterocycles. The normalized spacial score (nSPS) is 18.5. The topological polar surface area (TPSA) is 72.1 Å². The Morgan fingerprint density at radius 3 is 2.75 bits per heavy atom. The molecule has 0 radical (unpaired) electrons. The number of hydrogen-bond acceptors (Lipinski definition) is 4. The molecule has 1 aromatic carbocycles. The highest BCUT2D eigenvalue weighted by Gasteiger charge is 2.28. The highest BCUT2D eigenvalue weighted by atomic mass is 127. The molecule has 0 saturated heterocycles. The Bertz CT molecular complexity index is 578. The summed E-state index contributed by atoms with van der Waals surface area (Å²) in [6.45, 7) is 4.24. The maximum Gasteiger partial charge on any atom is 0.193 e. The van der Waals surface area contributed by atoms with E-state index in [4.69, 9.17) is 15.2 Å². The minimum absolute atomic E-state index is 0. The molecule has 0 bridgehead atoms. The Morgan fingerprint density at radius 1 is 1.33 bits per heavy atom. The summed E-state index contributed by atoms with van der Waals surface area (Å²) in [6.07, 6.45) is 3.50. The first-order valence-corrected chi connectivity index (χ1v) is 8.32. The van der Waals surface area contributed by atoms with Gasteiger partial charge >= 0.3 is 0 Å². The van der Waals surface area contributed by atoms with Gasteiger partial charge in [-0.1, -0.05) is 0 Å². The summed E-state index contributed by atoms with van der Waals surface area (Å²) in [5.74, 6) is 1.96. The monoisotopic (exact) mass is 446 g/mol. The molecule has 1 saturated carbocycles. The van der Waals surface area contributed by atoms with Crippen molar-refractivity contribution in [2.45, 2.75) is 38.3 Å². The molecule has 0 spiro atoms. The number of likely N-dealkylation sites (N-methyl/N-ethyl adjacent to an activating group) is 1. The lowest BCUT2D eigenvalue weighted by Crippen LogP contribution is -2.34. The van der Waals surface area contributed by atoms with Crippen molar-refractivity contribution in [1.29, 1.82) is 0 Å². The predicted octanol–water partition coefficient (Wildman–Crippen LogP) is 2.68. The summed E-state index contributed by atoms with van der Waals surface area (Å²) in [7, 11) is 2.16. The Morgan fingerprint density at radius 2 is 2.04 bits per heavy atom. The molecule has 1 heterocycles. The van der Waals surface area contributed by atoms with Gasteiger partial charge in [-0.15, -0.1) is 24.0 Å². The second kappa shape index (κ2) is 8.75. The van der Waals surface area contributed by atoms with Gasteiger partial charge in [0.2, 0.25) is 0 Å². The minimum atomic E-state index is 0. The largest absolute Gasteiger partial charge is 0.490 e. The van der Waals surface area contributed by atoms with E-state index in [0.29, 0.717) is 31.8 Å². The van der Waals surface area contributed by atoms with E-state index in [0.717, 1.165) is 29.6 Å². The van der Waals surface area contributed by atoms with Crippen LogP contribution < -0.4 is 20.5 Å². The molecule has 1 atom stereocenters. The van der Waals surface area contributed by atoms with E-state index in [9.17, 15) is 0 Å². The van der Waals surface area contributed by atoms with Crippen molar-refractivity contribution in [3.8, 4) is 11.5 Å². The Balaban J connectivity index is 0.00000208. The number of halogens is 1. The Labute approximate surface area is 160 Å². The number of hydrogen-bond donors (Lipinski definition) is 2. The number of benzene rings is 1. The van der Waals surface area contributed by atoms with Crippen LogP contribution in [0.15, 0.2) is 23.2 Å². The number of anilines is 1. The third-order valence-electron chi connectivity index (χ3n) is 4.36. The molecule has 1 aromatic rings. The molecule has 1 aliphatic carbocycles. The fourth-order valence-electron chi connectivity index (χ4n) is 2.63. The number of nitrogens with two attached hydrogens (primary N) is 1. The van der Waals surface area contributed by atoms with Crippen LogP contribution in [-0.2, 0) is 0 Å². The second-order valence-electron chi connectivity index (χ2n) is 6.31. The van der Waals surface area contributed by atoms with Crippen molar-refractivity contribution in [3.05, 3.63) is 18.2 Å². The van der Waals surface area contributed by atoms with Crippen LogP contribution in [0.2, 0.25) is 0 Å². The third-order valence-corrected chi connectivity index (χ3v) is 4.36. The van der Waals surface area contributed by atoms with Crippen LogP contribution in [0.3, 0.4) is 0 Å². The molecule has 1 fully saturated rings. The lowest BCUT2D eigenvalue weighted by atomic mass is 10.2. The van der Waals surface area contributed by atoms with E-state index < -0.39 is 0 Å². The van der Waals surface area contributed by atoms with Crippen molar-refractivity contribution < 1.29 is 9.47 Å². The standard InChI is InChI=1S/C17H26N4O2.HI/c1-12(21(2)14-5-6-14)11-19-17(18)20-13-4-7-15-16(10-13)23-9-3-8-22-15;/h4,7,10,12,14H,3,5-6,8-9,11H2,1-2H3,(H3,18,19,20);1H. The quantitative estimate of drug-likeness (QED) is 0.414. The van der Waals surface area contributed by atoms with E-state index in [1.807, 2.05) is 18.2 Å². The molecule has 24 heavy (non-hydrogen) atoms. The van der Waals surface area contributed by atoms with Crippen molar-refractivity contribution >= 4 is 35.6 Å². The first kappa shape index (κ1) is 19.1. The van der Waals surface area contributed by atoms with E-state index >= 15 is 0 Å². The van der Waals surface area contributed by atoms with Gasteiger partial charge in [0, 0.05) is 30.3 Å². The van der Waals surface area contributed by atoms with Gasteiger partial charge in [0.25, 0.3) is 0 Å². The number of guanidine groups is 1. The SMILES string of the molecule is CC(CN=C(N)Nc1ccc2c(c1)OCCCO2)N(C)C1CC1.I. The van der Waals surface area contributed by atoms with Crippen LogP contribution >= 0.6 is 24.0 Å². The van der Waals surface area contributed by atoms with Gasteiger partial charge in [0.1, 0.15) is 0 Å². The van der Waals surface area contributed by atoms with Gasteiger partial charge < -0.3 is 20.5 Å². The van der Waals surface area contributed by atoms with Gasteiger partial charge in [-0.25, -0.2) is 0 Å². The summed E-state index contributed by atoms with van der Waals surface area (Å²) in [6, 6.07) is 6.86. The van der Waals surface area contributed by atoms with Crippen LogP contribution in [0.1, 0.15) is 26.2 Å². The van der Waals surface area contributed by atoms with Gasteiger partial charge in [0.05, 0.1) is 19.8 Å². The first-order valence-electron chi connectivity index (χ1n) is 8.32. The molecule has 3 N–H and O–H groups in total. The van der Waals surface area contributed by atoms with Crippen LogP contribution in [-0.4, -0.2) is 49.7 Å². The summed E-state index contributed by atoms with van der Waals surface area (Å²) in [5.41, 5.74) is 6.86. The number of rotatable bonds is 5. The smallest absolute Gasteiger partial charge is 0.193 e. The zero-order chi connectivity index (χ0) is 16.2. The molecule has 7 heteroatoms. The predicted molar refractivity (Wildman–Crippen MR) is 108 cm³/mol. The number of nitrogens with one attached hydrogen (secondary N) is 1. The molecule has 0 amide bonds. The highest BCUT2D eigenvalue weighted by Crippen LogP contribution is 2.32. The van der Waals surface area contributed by atoms with Gasteiger partial charge in [0.15, 0.2) is 17.5 Å². The second-order valence-corrected chi connectivity index (χ2v) is 6.31. The van der Waals surface area contributed by atoms with E-state index in [2.05, 4.69) is 29.2 Å². The first-order chi connectivity index (χ1) is 11.1. The fourth-order valence-corrected chi connectivity index (χ4v) is 2.63. The molecule has 1 unspecified atom stereocenters. The van der Waals surface area contributed by atoms with E-state index in [-0.39, 0.29) is 24.0 Å². The molecular weight excluding hydrogens is 419 g/mol. The Hall–Kier alpha value is -1.22. The fraction of sp³-hybridized carbons (Fsp3) is 0.588. The van der Waals surface area contributed by atoms with Crippen molar-refractivity contribution in [2.75, 3.05) is 32.1 Å². The zero-order valence-corrected chi connectivity index (χ0v) is 16.7. The highest BCUT2D eigenvalue weighted by molar-refractivity contribution is 14.0. The molecule has 2 aliphatic rings. The molecular formula is C17H27IN4O2. The van der Waals surface area contributed by atoms with E-state index in [1.54, 1.807) is 0 Å². The average Bonchev–Trinajstić information content (AvgIpc) is 3.38. The average molecular weight is 446 g/mol. The van der Waals surface area contributed by atoms with Crippen LogP contribution in [0, 0.1) is 0 Å². The number of nitrogens with zero attached hydrogens (tertiary/aromatic N) is 2. The number of fused-ring (bicyclic) bond motifs is 1. The van der Waals surface area contributed by atoms with Gasteiger partial charge in [-0.3, -0.25) is 9.89 Å². The summed E-state index contributed by atoms with van der Waals surface area (Å²) in [4.78, 5) is 6.83. The molecule has 1 aliphatic heterocycles. The summed E-state index contributed by atoms with van der Waals surface area (Å²) < 4.78 is 11.3. The lowest BCUT2D eigenvalue weighted by Gasteiger charge is -2.22. The van der Waals surface area contributed by atoms with Crippen molar-refractivity contribution in [1.82, 2.24) is 4.90 Å². The molecule has 3 rings (SSSR count). The van der Waals surface area contributed by atoms with Crippen molar-refractivity contribution in [3.63, 3.8) is 0 Å². The van der Waals surface area contributed by atoms with Gasteiger partial charge in [-0.05, 0) is 38.9 Å². The number of aliphatic imine (C=N–C) groups is 1. The Kier molecular flexibility index (Phi) is 6.97. The third kappa shape index (κ3) is 5.14. The molecule has 134 valence electrons. The lowest BCUT2D eigenvalue weighted by molar-refractivity contribution is 0.253. The van der Waals surface area contributed by atoms with E-state index in [1.165, 1.54) is 12.8 Å². The maximum absolute atomic E-state index is 6.00. The number of ether oxygens (including phenoxy) is 2. The van der Waals surface area contributed by atoms with Crippen LogP contribution in [0.4, 0.5) is 5.69 Å². The van der Waals surface area contributed by atoms with Gasteiger partial charge in [-0.2, -0.15) is 0 Å². The summed E-state index contributed by atoms with van der Waals surface area (Å²) in [5, 5.41) is 3.13.